The second kappa shape index (κ2) is 6.21. The van der Waals surface area contributed by atoms with E-state index in [0.717, 1.165) is 31.6 Å². The topological polar surface area (TPSA) is 58.6 Å². The number of nitrogens with one attached hydrogen (secondary N) is 1. The van der Waals surface area contributed by atoms with Crippen molar-refractivity contribution in [1.82, 2.24) is 0 Å². The van der Waals surface area contributed by atoms with Crippen LogP contribution in [0, 0.1) is 5.92 Å². The molecular weight excluding hydrogens is 339 g/mol. The van der Waals surface area contributed by atoms with E-state index in [-0.39, 0.29) is 5.91 Å². The lowest BCUT2D eigenvalue weighted by atomic mass is 10.1. The number of rotatable bonds is 4. The van der Waals surface area contributed by atoms with Crippen LogP contribution in [0.15, 0.2) is 18.2 Å². The van der Waals surface area contributed by atoms with Gasteiger partial charge in [0.25, 0.3) is 0 Å². The molecular formula is C16H18Cl2N2O3. The van der Waals surface area contributed by atoms with Gasteiger partial charge in [0, 0.05) is 13.1 Å². The van der Waals surface area contributed by atoms with Gasteiger partial charge in [-0.1, -0.05) is 0 Å². The van der Waals surface area contributed by atoms with Crippen LogP contribution >= 0.6 is 23.2 Å². The first kappa shape index (κ1) is 16.4. The molecule has 1 N–H and O–H groups in total. The first-order valence-electron chi connectivity index (χ1n) is 7.58. The number of ether oxygens (including phenoxy) is 1. The van der Waals surface area contributed by atoms with Crippen LogP contribution in [-0.2, 0) is 9.53 Å². The third-order valence-electron chi connectivity index (χ3n) is 4.26. The predicted octanol–water partition coefficient (Wildman–Crippen LogP) is 3.21. The van der Waals surface area contributed by atoms with Crippen LogP contribution in [0.25, 0.3) is 0 Å². The molecule has 0 unspecified atom stereocenters. The number of benzene rings is 1. The quantitative estimate of drug-likeness (QED) is 0.664. The highest BCUT2D eigenvalue weighted by Crippen LogP contribution is 2.53. The summed E-state index contributed by atoms with van der Waals surface area (Å²) in [4.78, 5) is 26.2. The van der Waals surface area contributed by atoms with E-state index in [9.17, 15) is 9.59 Å². The van der Waals surface area contributed by atoms with Gasteiger partial charge in [0.2, 0.25) is 5.91 Å². The molecule has 1 amide bonds. The van der Waals surface area contributed by atoms with Crippen LogP contribution in [0.3, 0.4) is 0 Å². The fourth-order valence-corrected chi connectivity index (χ4v) is 3.34. The molecule has 3 rings (SSSR count). The van der Waals surface area contributed by atoms with Crippen LogP contribution in [0.4, 0.5) is 11.4 Å². The molecule has 1 saturated heterocycles. The van der Waals surface area contributed by atoms with Crippen LogP contribution in [0.5, 0.6) is 0 Å². The fourth-order valence-electron chi connectivity index (χ4n) is 2.83. The zero-order chi connectivity index (χ0) is 16.6. The Morgan fingerprint density at radius 1 is 1.30 bits per heavy atom. The van der Waals surface area contributed by atoms with Crippen molar-refractivity contribution in [2.75, 3.05) is 30.4 Å². The van der Waals surface area contributed by atoms with Crippen molar-refractivity contribution in [2.45, 2.75) is 23.6 Å². The monoisotopic (exact) mass is 356 g/mol. The largest absolute Gasteiger partial charge is 0.465 e. The normalized spacial score (nSPS) is 21.9. The maximum atomic E-state index is 12.3. The average Bonchev–Trinajstić information content (AvgIpc) is 2.93. The van der Waals surface area contributed by atoms with Crippen molar-refractivity contribution in [3.05, 3.63) is 23.8 Å². The third-order valence-corrected chi connectivity index (χ3v) is 5.10. The smallest absolute Gasteiger partial charge is 0.337 e. The lowest BCUT2D eigenvalue weighted by Gasteiger charge is -2.22. The molecule has 5 nitrogen and oxygen atoms in total. The summed E-state index contributed by atoms with van der Waals surface area (Å²) >= 11 is 11.9. The molecule has 2 fully saturated rings. The first-order valence-corrected chi connectivity index (χ1v) is 8.34. The number of anilines is 2. The van der Waals surface area contributed by atoms with Gasteiger partial charge < -0.3 is 15.0 Å². The van der Waals surface area contributed by atoms with Gasteiger partial charge in [0.05, 0.1) is 30.0 Å². The fraction of sp³-hybridized carbons (Fsp3) is 0.500. The van der Waals surface area contributed by atoms with Crippen LogP contribution in [-0.4, -0.2) is 36.4 Å². The van der Waals surface area contributed by atoms with E-state index >= 15 is 0 Å². The maximum absolute atomic E-state index is 12.3. The lowest BCUT2D eigenvalue weighted by Crippen LogP contribution is -2.23. The predicted molar refractivity (Wildman–Crippen MR) is 90.4 cm³/mol. The van der Waals surface area contributed by atoms with E-state index < -0.39 is 16.2 Å². The Morgan fingerprint density at radius 3 is 2.52 bits per heavy atom. The minimum Gasteiger partial charge on any atom is -0.465 e. The van der Waals surface area contributed by atoms with Crippen molar-refractivity contribution >= 4 is 46.5 Å². The van der Waals surface area contributed by atoms with E-state index in [0.29, 0.717) is 17.7 Å². The highest BCUT2D eigenvalue weighted by Gasteiger charge is 2.56. The van der Waals surface area contributed by atoms with Crippen molar-refractivity contribution in [1.29, 1.82) is 0 Å². The van der Waals surface area contributed by atoms with Crippen molar-refractivity contribution in [3.63, 3.8) is 0 Å². The maximum Gasteiger partial charge on any atom is 0.337 e. The van der Waals surface area contributed by atoms with Gasteiger partial charge in [-0.2, -0.15) is 0 Å². The Balaban J connectivity index is 1.87. The highest BCUT2D eigenvalue weighted by molar-refractivity contribution is 6.52. The summed E-state index contributed by atoms with van der Waals surface area (Å²) in [7, 11) is 1.33. The number of esters is 1. The molecule has 23 heavy (non-hydrogen) atoms. The second-order valence-corrected chi connectivity index (χ2v) is 7.47. The van der Waals surface area contributed by atoms with Gasteiger partial charge in [-0.3, -0.25) is 4.79 Å². The van der Waals surface area contributed by atoms with Gasteiger partial charge in [-0.25, -0.2) is 4.79 Å². The molecule has 1 aliphatic heterocycles. The molecule has 2 aliphatic rings. The van der Waals surface area contributed by atoms with Crippen molar-refractivity contribution in [3.8, 4) is 0 Å². The third kappa shape index (κ3) is 3.40. The zero-order valence-electron chi connectivity index (χ0n) is 12.8. The van der Waals surface area contributed by atoms with Gasteiger partial charge in [0.1, 0.15) is 4.33 Å². The highest BCUT2D eigenvalue weighted by atomic mass is 35.5. The van der Waals surface area contributed by atoms with E-state index in [1.807, 2.05) is 6.07 Å². The number of hydrogen-bond donors (Lipinski definition) is 1. The Hall–Kier alpha value is -1.46. The van der Waals surface area contributed by atoms with E-state index in [1.165, 1.54) is 7.11 Å². The SMILES string of the molecule is COC(=O)c1ccc(N2CCCC2)c(NC(=O)[C@@H]2CC2(Cl)Cl)c1. The molecule has 1 atom stereocenters. The number of alkyl halides is 2. The molecule has 0 bridgehead atoms. The molecule has 0 aromatic heterocycles. The summed E-state index contributed by atoms with van der Waals surface area (Å²) < 4.78 is 3.77. The summed E-state index contributed by atoms with van der Waals surface area (Å²) in [5.41, 5.74) is 1.89. The average molecular weight is 357 g/mol. The molecule has 1 heterocycles. The summed E-state index contributed by atoms with van der Waals surface area (Å²) in [5, 5.41) is 2.87. The van der Waals surface area contributed by atoms with Crippen LogP contribution in [0.1, 0.15) is 29.6 Å². The number of methoxy groups -OCH3 is 1. The van der Waals surface area contributed by atoms with E-state index in [2.05, 4.69) is 10.2 Å². The molecule has 1 saturated carbocycles. The minimum atomic E-state index is -0.974. The van der Waals surface area contributed by atoms with Crippen molar-refractivity contribution < 1.29 is 14.3 Å². The van der Waals surface area contributed by atoms with E-state index in [1.54, 1.807) is 12.1 Å². The number of carbonyl (C=O) groups excluding carboxylic acids is 2. The van der Waals surface area contributed by atoms with Gasteiger partial charge >= 0.3 is 5.97 Å². The molecule has 124 valence electrons. The molecule has 1 aromatic rings. The number of amides is 1. The van der Waals surface area contributed by atoms with Crippen LogP contribution in [0.2, 0.25) is 0 Å². The Kier molecular flexibility index (Phi) is 4.43. The number of carbonyl (C=O) groups is 2. The molecule has 0 spiro atoms. The van der Waals surface area contributed by atoms with Gasteiger partial charge in [-0.15, -0.1) is 23.2 Å². The van der Waals surface area contributed by atoms with Crippen molar-refractivity contribution in [2.24, 2.45) is 5.92 Å². The Bertz CT molecular complexity index is 642. The molecule has 1 aromatic carbocycles. The number of halogens is 2. The van der Waals surface area contributed by atoms with Gasteiger partial charge in [0.15, 0.2) is 0 Å². The molecule has 1 aliphatic carbocycles. The minimum absolute atomic E-state index is 0.225. The number of hydrogen-bond acceptors (Lipinski definition) is 4. The van der Waals surface area contributed by atoms with Crippen LogP contribution < -0.4 is 10.2 Å². The Labute approximate surface area is 144 Å². The molecule has 7 heteroatoms. The lowest BCUT2D eigenvalue weighted by molar-refractivity contribution is -0.117. The van der Waals surface area contributed by atoms with Gasteiger partial charge in [-0.05, 0) is 37.5 Å². The zero-order valence-corrected chi connectivity index (χ0v) is 14.3. The molecule has 0 radical (unpaired) electrons. The number of nitrogens with zero attached hydrogens (tertiary/aromatic N) is 1. The summed E-state index contributed by atoms with van der Waals surface area (Å²) in [6.07, 6.45) is 2.67. The first-order chi connectivity index (χ1) is 10.9. The Morgan fingerprint density at radius 2 is 1.96 bits per heavy atom. The summed E-state index contributed by atoms with van der Waals surface area (Å²) in [5.74, 6) is -1.08. The summed E-state index contributed by atoms with van der Waals surface area (Å²) in [6.45, 7) is 1.86. The standard InChI is InChI=1S/C16H18Cl2N2O3/c1-23-15(22)10-4-5-13(20-6-2-3-7-20)12(8-10)19-14(21)11-9-16(11,17)18/h4-5,8,11H,2-3,6-7,9H2,1H3,(H,19,21)/t11-/m0/s1. The van der Waals surface area contributed by atoms with E-state index in [4.69, 9.17) is 27.9 Å². The summed E-state index contributed by atoms with van der Waals surface area (Å²) in [6, 6.07) is 5.19. The second-order valence-electron chi connectivity index (χ2n) is 5.92.